The smallest absolute Gasteiger partial charge is 0.410 e. The summed E-state index contributed by atoms with van der Waals surface area (Å²) in [5, 5.41) is 3.26. The molecule has 1 amide bonds. The average molecular weight is 587 g/mol. The molecule has 2 fully saturated rings. The molecule has 3 aromatic rings. The fraction of sp³-hybridized carbons (Fsp3) is 0.469. The van der Waals surface area contributed by atoms with Gasteiger partial charge in [-0.15, -0.1) is 0 Å². The summed E-state index contributed by atoms with van der Waals surface area (Å²) in [6.45, 7) is 15.6. The van der Waals surface area contributed by atoms with Crippen LogP contribution in [0.3, 0.4) is 0 Å². The minimum absolute atomic E-state index is 0.256. The number of anilines is 1. The maximum absolute atomic E-state index is 12.4. The molecule has 1 aliphatic heterocycles. The molecule has 1 saturated carbocycles. The Bertz CT molecular complexity index is 1490. The second-order valence-electron chi connectivity index (χ2n) is 12.1. The molecule has 1 aliphatic carbocycles. The highest BCUT2D eigenvalue weighted by Gasteiger charge is 2.26. The van der Waals surface area contributed by atoms with E-state index in [2.05, 4.69) is 47.9 Å². The number of imidazole rings is 1. The van der Waals surface area contributed by atoms with Crippen LogP contribution in [0.1, 0.15) is 47.0 Å². The summed E-state index contributed by atoms with van der Waals surface area (Å²) >= 11 is 0. The van der Waals surface area contributed by atoms with Crippen molar-refractivity contribution in [2.45, 2.75) is 52.6 Å². The monoisotopic (exact) mass is 586 g/mol. The highest BCUT2D eigenvalue weighted by Crippen LogP contribution is 2.28. The highest BCUT2D eigenvalue weighted by atomic mass is 16.6. The van der Waals surface area contributed by atoms with Crippen LogP contribution in [-0.4, -0.2) is 87.5 Å². The number of fused-ring (bicyclic) bond motifs is 1. The van der Waals surface area contributed by atoms with Crippen molar-refractivity contribution in [3.63, 3.8) is 0 Å². The summed E-state index contributed by atoms with van der Waals surface area (Å²) in [6.07, 6.45) is 9.07. The number of allylic oxidation sites excluding steroid dienone is 1. The van der Waals surface area contributed by atoms with Crippen molar-refractivity contribution in [1.82, 2.24) is 29.7 Å². The Labute approximate surface area is 253 Å². The van der Waals surface area contributed by atoms with Crippen molar-refractivity contribution in [2.75, 3.05) is 44.6 Å². The predicted octanol–water partition coefficient (Wildman–Crippen LogP) is 5.65. The number of rotatable bonds is 10. The van der Waals surface area contributed by atoms with Gasteiger partial charge in [0, 0.05) is 44.4 Å². The Morgan fingerprint density at radius 1 is 1.19 bits per heavy atom. The SMILES string of the molecule is C=N/C(=C\C(=C/C)CN1CCN(C(=O)OC(C)(C)C)CC1)Nc1nc2ccc(-c3cc(OCC4CCC4)ncn3)cc2[nH]1. The normalized spacial score (nSPS) is 17.1. The van der Waals surface area contributed by atoms with E-state index in [1.807, 2.05) is 58.0 Å². The summed E-state index contributed by atoms with van der Waals surface area (Å²) in [5.74, 6) is 2.39. The number of carbonyl (C=O) groups is 1. The van der Waals surface area contributed by atoms with Gasteiger partial charge in [-0.05, 0) is 77.0 Å². The van der Waals surface area contributed by atoms with Crippen molar-refractivity contribution < 1.29 is 14.3 Å². The molecule has 3 heterocycles. The number of nitrogens with zero attached hydrogens (tertiary/aromatic N) is 6. The number of H-pyrrole nitrogens is 1. The lowest BCUT2D eigenvalue weighted by molar-refractivity contribution is 0.0153. The highest BCUT2D eigenvalue weighted by molar-refractivity contribution is 5.83. The van der Waals surface area contributed by atoms with Crippen LogP contribution < -0.4 is 10.1 Å². The molecule has 2 aromatic heterocycles. The van der Waals surface area contributed by atoms with Gasteiger partial charge in [0.25, 0.3) is 0 Å². The number of benzene rings is 1. The zero-order chi connectivity index (χ0) is 30.4. The maximum atomic E-state index is 12.4. The summed E-state index contributed by atoms with van der Waals surface area (Å²) in [5.41, 5.74) is 4.01. The van der Waals surface area contributed by atoms with Gasteiger partial charge < -0.3 is 24.7 Å². The molecule has 0 unspecified atom stereocenters. The Hall–Kier alpha value is -4.25. The molecule has 0 bridgehead atoms. The standard InChI is InChI=1S/C32H42N8O3/c1-6-22(19-39-12-14-40(15-13-39)31(41)43-32(2,3)4)16-28(33-5)38-30-36-25-11-10-24(17-27(25)37-30)26-18-29(35-21-34-26)42-20-23-8-7-9-23/h6,10-11,16-18,21,23H,5,7-9,12-15,19-20H2,1-4H3,(H2,36,37,38)/b22-6+,28-16+. The first kappa shape index (κ1) is 30.2. The fourth-order valence-corrected chi connectivity index (χ4v) is 4.98. The Balaban J connectivity index is 1.19. The van der Waals surface area contributed by atoms with E-state index < -0.39 is 5.60 Å². The second kappa shape index (κ2) is 13.4. The molecule has 11 nitrogen and oxygen atoms in total. The van der Waals surface area contributed by atoms with Gasteiger partial charge in [0.1, 0.15) is 17.7 Å². The molecule has 1 aromatic carbocycles. The predicted molar refractivity (Wildman–Crippen MR) is 169 cm³/mol. The van der Waals surface area contributed by atoms with Crippen molar-refractivity contribution in [2.24, 2.45) is 10.9 Å². The summed E-state index contributed by atoms with van der Waals surface area (Å²) in [6, 6.07) is 7.86. The number of hydrogen-bond acceptors (Lipinski definition) is 9. The van der Waals surface area contributed by atoms with Crippen molar-refractivity contribution in [3.8, 4) is 17.1 Å². The van der Waals surface area contributed by atoms with Crippen LogP contribution in [0.25, 0.3) is 22.3 Å². The first-order valence-electron chi connectivity index (χ1n) is 14.9. The molecule has 0 radical (unpaired) electrons. The maximum Gasteiger partial charge on any atom is 0.410 e. The quantitative estimate of drug-likeness (QED) is 0.231. The lowest BCUT2D eigenvalue weighted by Gasteiger charge is -2.35. The molecular formula is C32H42N8O3. The summed E-state index contributed by atoms with van der Waals surface area (Å²) < 4.78 is 11.4. The molecule has 0 spiro atoms. The van der Waals surface area contributed by atoms with Gasteiger partial charge in [-0.25, -0.2) is 24.7 Å². The Kier molecular flexibility index (Phi) is 9.40. The first-order valence-corrected chi connectivity index (χ1v) is 14.9. The number of ether oxygens (including phenoxy) is 2. The minimum Gasteiger partial charge on any atom is -0.477 e. The number of aromatic nitrogens is 4. The van der Waals surface area contributed by atoms with E-state index in [0.717, 1.165) is 47.5 Å². The van der Waals surface area contributed by atoms with E-state index in [9.17, 15) is 4.79 Å². The van der Waals surface area contributed by atoms with Gasteiger partial charge >= 0.3 is 6.09 Å². The van der Waals surface area contributed by atoms with Crippen molar-refractivity contribution in [3.05, 3.63) is 54.1 Å². The number of nitrogens with one attached hydrogen (secondary N) is 2. The fourth-order valence-electron chi connectivity index (χ4n) is 4.98. The average Bonchev–Trinajstić information content (AvgIpc) is 3.36. The van der Waals surface area contributed by atoms with Crippen molar-refractivity contribution >= 4 is 29.8 Å². The van der Waals surface area contributed by atoms with E-state index >= 15 is 0 Å². The van der Waals surface area contributed by atoms with Crippen LogP contribution in [0.4, 0.5) is 10.7 Å². The van der Waals surface area contributed by atoms with Gasteiger partial charge in [-0.2, -0.15) is 0 Å². The van der Waals surface area contributed by atoms with Gasteiger partial charge in [-0.3, -0.25) is 4.90 Å². The molecule has 1 saturated heterocycles. The zero-order valence-corrected chi connectivity index (χ0v) is 25.6. The molecule has 43 heavy (non-hydrogen) atoms. The van der Waals surface area contributed by atoms with Crippen molar-refractivity contribution in [1.29, 1.82) is 0 Å². The summed E-state index contributed by atoms with van der Waals surface area (Å²) in [4.78, 5) is 37.4. The Morgan fingerprint density at radius 3 is 2.65 bits per heavy atom. The lowest BCUT2D eigenvalue weighted by atomic mass is 9.86. The van der Waals surface area contributed by atoms with Crippen LogP contribution >= 0.6 is 0 Å². The van der Waals surface area contributed by atoms with E-state index in [4.69, 9.17) is 9.47 Å². The number of hydrogen-bond donors (Lipinski definition) is 2. The van der Waals surface area contributed by atoms with Gasteiger partial charge in [-0.1, -0.05) is 18.6 Å². The van der Waals surface area contributed by atoms with E-state index in [1.54, 1.807) is 11.2 Å². The van der Waals surface area contributed by atoms with Gasteiger partial charge in [0.2, 0.25) is 11.8 Å². The topological polar surface area (TPSA) is 121 Å². The van der Waals surface area contributed by atoms with Crippen LogP contribution in [0.5, 0.6) is 5.88 Å². The third-order valence-corrected chi connectivity index (χ3v) is 7.65. The summed E-state index contributed by atoms with van der Waals surface area (Å²) in [7, 11) is 0. The van der Waals surface area contributed by atoms with Crippen LogP contribution in [0, 0.1) is 5.92 Å². The van der Waals surface area contributed by atoms with Gasteiger partial charge in [0.05, 0.1) is 23.3 Å². The van der Waals surface area contributed by atoms with Crippen LogP contribution in [0.15, 0.2) is 59.1 Å². The molecule has 228 valence electrons. The second-order valence-corrected chi connectivity index (χ2v) is 12.1. The van der Waals surface area contributed by atoms with E-state index in [0.29, 0.717) is 43.3 Å². The number of amides is 1. The number of aromatic amines is 1. The third kappa shape index (κ3) is 8.19. The number of carbonyl (C=O) groups excluding carboxylic acids is 1. The molecule has 5 rings (SSSR count). The first-order chi connectivity index (χ1) is 20.7. The largest absolute Gasteiger partial charge is 0.477 e. The van der Waals surface area contributed by atoms with Crippen LogP contribution in [-0.2, 0) is 4.74 Å². The van der Waals surface area contributed by atoms with Crippen LogP contribution in [0.2, 0.25) is 0 Å². The Morgan fingerprint density at radius 2 is 1.98 bits per heavy atom. The number of aliphatic imine (C=N–C) groups is 1. The zero-order valence-electron chi connectivity index (χ0n) is 25.6. The van der Waals surface area contributed by atoms with Gasteiger partial charge in [0.15, 0.2) is 0 Å². The molecule has 2 N–H and O–H groups in total. The lowest BCUT2D eigenvalue weighted by Crippen LogP contribution is -2.50. The molecule has 2 aliphatic rings. The molecule has 0 atom stereocenters. The molecule has 11 heteroatoms. The molecular weight excluding hydrogens is 544 g/mol. The number of piperazine rings is 1. The van der Waals surface area contributed by atoms with E-state index in [-0.39, 0.29) is 6.09 Å². The van der Waals surface area contributed by atoms with E-state index in [1.165, 1.54) is 19.3 Å². The minimum atomic E-state index is -0.495. The third-order valence-electron chi connectivity index (χ3n) is 7.65.